The summed E-state index contributed by atoms with van der Waals surface area (Å²) in [6.45, 7) is 0.0280. The van der Waals surface area contributed by atoms with Crippen LogP contribution in [0.4, 0.5) is 0 Å². The fraction of sp³-hybridized carbons (Fsp3) is 0.351. The van der Waals surface area contributed by atoms with Crippen LogP contribution in [0.15, 0.2) is 134 Å². The van der Waals surface area contributed by atoms with Crippen LogP contribution in [0.5, 0.6) is 23.0 Å². The van der Waals surface area contributed by atoms with Gasteiger partial charge >= 0.3 is 11.9 Å². The zero-order valence-corrected chi connectivity index (χ0v) is 57.9. The fourth-order valence-corrected chi connectivity index (χ4v) is 12.3. The van der Waals surface area contributed by atoms with Crippen molar-refractivity contribution >= 4 is 80.5 Å². The zero-order chi connectivity index (χ0) is 74.1. The maximum Gasteiger partial charge on any atom is 0.341 e. The second kappa shape index (κ2) is 38.1. The number of carboxylic acid groups (broad SMARTS) is 2. The van der Waals surface area contributed by atoms with Gasteiger partial charge in [0.25, 0.3) is 23.6 Å². The number of nitrogens with two attached hydrogens (primary N) is 4. The quantitative estimate of drug-likeness (QED) is 0.0185. The number of amides is 4. The molecule has 0 aliphatic heterocycles. The first kappa shape index (κ1) is 77.7. The maximum absolute atomic E-state index is 14.6. The SMILES string of the molecule is COc1ccc(CC(=O)[C@H](CCCCN)NC(=O)c2cc(CC(=O)[C@H](CCCCN)NC(=O)c3cc(CC(=O)[C@H](CCCCN)NC(=O)c4cc(CC(=O)[C@@H](N)Cc5c[nH]c6ccccc56)ccc4OC)ccc3OC)ccc2OCC(=O)O)cc1C(=O)N[C@@H](Cc1c[nH]c2ccccc12)C(=O)O. The Hall–Kier alpha value is -11.1. The Kier molecular flexibility index (Phi) is 28.7. The molecule has 26 nitrogen and oxygen atoms in total. The summed E-state index contributed by atoms with van der Waals surface area (Å²) in [7, 11) is 4.09. The minimum Gasteiger partial charge on any atom is -0.496 e. The number of benzene rings is 6. The van der Waals surface area contributed by atoms with Gasteiger partial charge in [0, 0.05) is 66.3 Å². The van der Waals surface area contributed by atoms with Crippen LogP contribution in [-0.2, 0) is 67.3 Å². The average molecular weight is 1410 g/mol. The fourth-order valence-electron chi connectivity index (χ4n) is 12.3. The maximum atomic E-state index is 14.6. The van der Waals surface area contributed by atoms with E-state index in [1.807, 2.05) is 54.7 Å². The second-order valence-electron chi connectivity index (χ2n) is 25.2. The molecule has 4 amide bonds. The van der Waals surface area contributed by atoms with E-state index in [0.29, 0.717) is 73.7 Å². The van der Waals surface area contributed by atoms with E-state index in [9.17, 15) is 58.2 Å². The van der Waals surface area contributed by atoms with Crippen molar-refractivity contribution in [2.75, 3.05) is 47.6 Å². The molecule has 0 radical (unpaired) electrons. The van der Waals surface area contributed by atoms with Crippen molar-refractivity contribution in [3.05, 3.63) is 189 Å². The molecule has 0 bridgehead atoms. The molecule has 5 atom stereocenters. The van der Waals surface area contributed by atoms with Crippen LogP contribution in [-0.4, -0.2) is 157 Å². The minimum absolute atomic E-state index is 0.0140. The van der Waals surface area contributed by atoms with Crippen molar-refractivity contribution in [2.45, 2.75) is 127 Å². The van der Waals surface area contributed by atoms with Gasteiger partial charge < -0.3 is 83.3 Å². The summed E-state index contributed by atoms with van der Waals surface area (Å²) in [6, 6.07) is 27.4. The molecular formula is C77H90N10O16. The number of aromatic nitrogens is 2. The van der Waals surface area contributed by atoms with E-state index in [4.69, 9.17) is 41.9 Å². The molecule has 544 valence electrons. The lowest BCUT2D eigenvalue weighted by molar-refractivity contribution is -0.140. The smallest absolute Gasteiger partial charge is 0.341 e. The Balaban J connectivity index is 0.961. The Morgan fingerprint density at radius 2 is 0.748 bits per heavy atom. The Labute approximate surface area is 595 Å². The minimum atomic E-state index is -1.36. The lowest BCUT2D eigenvalue weighted by Gasteiger charge is -2.21. The molecule has 0 saturated heterocycles. The van der Waals surface area contributed by atoms with E-state index in [1.54, 1.807) is 36.5 Å². The summed E-state index contributed by atoms with van der Waals surface area (Å²) < 4.78 is 22.3. The predicted molar refractivity (Wildman–Crippen MR) is 387 cm³/mol. The number of Topliss-reactive ketones (excluding diaryl/α,β-unsaturated/α-hetero) is 4. The molecular weight excluding hydrogens is 1320 g/mol. The third-order valence-corrected chi connectivity index (χ3v) is 17.8. The van der Waals surface area contributed by atoms with E-state index in [0.717, 1.165) is 27.4 Å². The van der Waals surface area contributed by atoms with E-state index in [2.05, 4.69) is 31.2 Å². The van der Waals surface area contributed by atoms with E-state index in [1.165, 1.54) is 63.8 Å². The molecule has 2 heterocycles. The number of ether oxygens (including phenoxy) is 4. The number of hydrogen-bond acceptors (Lipinski definition) is 18. The van der Waals surface area contributed by atoms with Crippen LogP contribution < -0.4 is 63.1 Å². The van der Waals surface area contributed by atoms with Crippen molar-refractivity contribution in [1.29, 1.82) is 0 Å². The number of fused-ring (bicyclic) bond motifs is 2. The molecule has 0 fully saturated rings. The summed E-state index contributed by atoms with van der Waals surface area (Å²) in [6.07, 6.45) is 5.99. The van der Waals surface area contributed by atoms with Crippen molar-refractivity contribution in [1.82, 2.24) is 31.2 Å². The van der Waals surface area contributed by atoms with Crippen LogP contribution in [0.3, 0.4) is 0 Å². The van der Waals surface area contributed by atoms with Crippen molar-refractivity contribution < 1.29 is 77.1 Å². The van der Waals surface area contributed by atoms with Gasteiger partial charge in [0.1, 0.15) is 29.0 Å². The van der Waals surface area contributed by atoms with E-state index in [-0.39, 0.29) is 121 Å². The summed E-state index contributed by atoms with van der Waals surface area (Å²) in [5, 5.41) is 32.7. The lowest BCUT2D eigenvalue weighted by Crippen LogP contribution is -2.43. The topological polar surface area (TPSA) is 432 Å². The average Bonchev–Trinajstić information content (AvgIpc) is 1.22. The number of rotatable bonds is 43. The molecule has 26 heteroatoms. The molecule has 0 unspecified atom stereocenters. The molecule has 2 aromatic heterocycles. The van der Waals surface area contributed by atoms with Gasteiger partial charge in [-0.3, -0.25) is 38.4 Å². The first-order valence-electron chi connectivity index (χ1n) is 34.2. The lowest BCUT2D eigenvalue weighted by atomic mass is 9.95. The number of carbonyl (C=O) groups excluding carboxylic acids is 8. The van der Waals surface area contributed by atoms with Gasteiger partial charge in [-0.05, 0) is 178 Å². The molecule has 6 aromatic carbocycles. The number of carboxylic acids is 2. The molecule has 0 saturated carbocycles. The molecule has 103 heavy (non-hydrogen) atoms. The van der Waals surface area contributed by atoms with Gasteiger partial charge in [0.2, 0.25) is 0 Å². The normalized spacial score (nSPS) is 12.7. The zero-order valence-electron chi connectivity index (χ0n) is 57.9. The number of nitrogens with one attached hydrogen (secondary N) is 6. The number of unbranched alkanes of at least 4 members (excludes halogenated alkanes) is 3. The van der Waals surface area contributed by atoms with Crippen LogP contribution in [0.1, 0.15) is 133 Å². The highest BCUT2D eigenvalue weighted by Crippen LogP contribution is 2.29. The second-order valence-corrected chi connectivity index (χ2v) is 25.2. The first-order valence-corrected chi connectivity index (χ1v) is 34.2. The van der Waals surface area contributed by atoms with Crippen molar-refractivity contribution in [2.24, 2.45) is 22.9 Å². The van der Waals surface area contributed by atoms with Crippen LogP contribution >= 0.6 is 0 Å². The summed E-state index contributed by atoms with van der Waals surface area (Å²) in [4.78, 5) is 145. The first-order chi connectivity index (χ1) is 49.6. The number of hydrogen-bond donors (Lipinski definition) is 12. The monoisotopic (exact) mass is 1410 g/mol. The third-order valence-electron chi connectivity index (χ3n) is 17.8. The molecule has 16 N–H and O–H groups in total. The van der Waals surface area contributed by atoms with Crippen LogP contribution in [0.25, 0.3) is 21.8 Å². The third kappa shape index (κ3) is 21.5. The number of para-hydroxylation sites is 2. The number of aromatic amines is 2. The number of methoxy groups -OCH3 is 3. The number of aliphatic carboxylic acids is 2. The highest BCUT2D eigenvalue weighted by atomic mass is 16.5. The Morgan fingerprint density at radius 1 is 0.417 bits per heavy atom. The number of H-pyrrole nitrogens is 2. The highest BCUT2D eigenvalue weighted by molar-refractivity contribution is 6.04. The number of carbonyl (C=O) groups is 10. The van der Waals surface area contributed by atoms with Gasteiger partial charge in [-0.1, -0.05) is 60.7 Å². The molecule has 0 aliphatic rings. The predicted octanol–water partition coefficient (Wildman–Crippen LogP) is 6.36. The van der Waals surface area contributed by atoms with E-state index >= 15 is 0 Å². The standard InChI is InChI=1S/C77H90N10O16/c1-100-68-25-21-45(36-64(88)57(81)40-49-42-82-58-16-6-4-14-51(49)58)32-53(68)73(94)84-60(18-8-11-29-78)65(89)37-46-22-26-69(101-2)54(33-46)74(95)85-61(19-9-12-30-79)67(91)39-48-24-28-71(103-44-72(92)93)56(35-48)76(97)86-62(20-10-13-31-80)66(90)38-47-23-27-70(102-3)55(34-47)75(96)87-63(77(98)99)41-50-43-83-59-17-7-5-15-52(50)59/h4-7,14-17,21-28,32-35,42-43,57,60-63,82-83H,8-13,18-20,29-31,36-41,44,78-81H2,1-3H3,(H,84,94)(H,85,95)(H,86,97)(H,87,96)(H,92,93)(H,98,99)/t57-,60-,61-,62-,63-/m0/s1. The molecule has 8 aromatic rings. The van der Waals surface area contributed by atoms with Gasteiger partial charge in [0.05, 0.1) is 67.8 Å². The number of ketones is 4. The molecule has 0 spiro atoms. The van der Waals surface area contributed by atoms with Gasteiger partial charge in [0.15, 0.2) is 29.7 Å². The summed E-state index contributed by atoms with van der Waals surface area (Å²) >= 11 is 0. The van der Waals surface area contributed by atoms with Gasteiger partial charge in [-0.15, -0.1) is 0 Å². The van der Waals surface area contributed by atoms with Crippen molar-refractivity contribution in [3.8, 4) is 23.0 Å². The van der Waals surface area contributed by atoms with Crippen LogP contribution in [0, 0.1) is 0 Å². The molecule has 0 aliphatic carbocycles. The summed E-state index contributed by atoms with van der Waals surface area (Å²) in [5.74, 6) is -7.02. The van der Waals surface area contributed by atoms with Crippen molar-refractivity contribution in [3.63, 3.8) is 0 Å². The largest absolute Gasteiger partial charge is 0.496 e. The highest BCUT2D eigenvalue weighted by Gasteiger charge is 2.31. The van der Waals surface area contributed by atoms with Gasteiger partial charge in [-0.2, -0.15) is 0 Å². The summed E-state index contributed by atoms with van der Waals surface area (Å²) in [5.41, 5.74) is 28.6. The Bertz CT molecular complexity index is 4350. The van der Waals surface area contributed by atoms with Crippen LogP contribution in [0.2, 0.25) is 0 Å². The molecule has 8 rings (SSSR count). The Morgan fingerprint density at radius 3 is 1.10 bits per heavy atom. The van der Waals surface area contributed by atoms with Gasteiger partial charge in [-0.25, -0.2) is 9.59 Å². The van der Waals surface area contributed by atoms with E-state index < -0.39 is 89.7 Å².